The van der Waals surface area contributed by atoms with Crippen molar-refractivity contribution >= 4 is 55.6 Å². The lowest BCUT2D eigenvalue weighted by molar-refractivity contribution is -0.117. The summed E-state index contributed by atoms with van der Waals surface area (Å²) in [6.45, 7) is 6.03. The molecule has 0 radical (unpaired) electrons. The molecule has 2 aliphatic heterocycles. The van der Waals surface area contributed by atoms with E-state index in [4.69, 9.17) is 11.6 Å². The Hall–Kier alpha value is -2.03. The maximum Gasteiger partial charge on any atom is 0.252 e. The molecule has 2 atom stereocenters. The SMILES string of the molecule is CCN(CC)c1ccc(N2C(=NC(=O)Cc3ccccc3Cl)S[C@@H]3CS(=O)(=O)C[C@H]32)cc1. The third kappa shape index (κ3) is 4.82. The van der Waals surface area contributed by atoms with Gasteiger partial charge in [0.25, 0.3) is 5.91 Å². The van der Waals surface area contributed by atoms with Crippen molar-refractivity contribution in [2.45, 2.75) is 31.6 Å². The normalized spacial score (nSPS) is 22.8. The number of anilines is 2. The van der Waals surface area contributed by atoms with Crippen molar-refractivity contribution in [3.05, 3.63) is 59.1 Å². The number of fused-ring (bicyclic) bond motifs is 1. The molecule has 0 N–H and O–H groups in total. The van der Waals surface area contributed by atoms with Crippen LogP contribution in [0.15, 0.2) is 53.5 Å². The molecule has 2 aliphatic rings. The smallest absolute Gasteiger partial charge is 0.252 e. The lowest BCUT2D eigenvalue weighted by atomic mass is 10.1. The van der Waals surface area contributed by atoms with Gasteiger partial charge in [0.15, 0.2) is 15.0 Å². The second-order valence-electron chi connectivity index (χ2n) is 7.92. The van der Waals surface area contributed by atoms with Crippen molar-refractivity contribution in [3.8, 4) is 0 Å². The molecule has 0 saturated carbocycles. The Kier molecular flexibility index (Phi) is 6.83. The van der Waals surface area contributed by atoms with Gasteiger partial charge >= 0.3 is 0 Å². The van der Waals surface area contributed by atoms with Crippen LogP contribution in [0.2, 0.25) is 5.02 Å². The maximum absolute atomic E-state index is 12.8. The quantitative estimate of drug-likeness (QED) is 0.607. The standard InChI is InChI=1S/C23H26ClN3O3S2/c1-3-26(4-2)17-9-11-18(12-10-17)27-20-14-32(29,30)15-21(20)31-23(27)25-22(28)13-16-7-5-6-8-19(16)24/h5-12,20-21H,3-4,13-15H2,1-2H3/t20-,21-/m1/s1. The summed E-state index contributed by atoms with van der Waals surface area (Å²) in [5.74, 6) is -0.123. The second kappa shape index (κ2) is 9.45. The van der Waals surface area contributed by atoms with Crippen molar-refractivity contribution in [3.63, 3.8) is 0 Å². The van der Waals surface area contributed by atoms with E-state index in [1.165, 1.54) is 11.8 Å². The minimum Gasteiger partial charge on any atom is -0.372 e. The van der Waals surface area contributed by atoms with Crippen molar-refractivity contribution in [2.75, 3.05) is 34.4 Å². The summed E-state index contributed by atoms with van der Waals surface area (Å²) in [5.41, 5.74) is 2.68. The minimum atomic E-state index is -3.11. The average Bonchev–Trinajstić information content (AvgIpc) is 3.22. The molecule has 2 aromatic rings. The van der Waals surface area contributed by atoms with Gasteiger partial charge in [0, 0.05) is 34.7 Å². The van der Waals surface area contributed by atoms with Crippen LogP contribution in [0.1, 0.15) is 19.4 Å². The zero-order valence-electron chi connectivity index (χ0n) is 18.1. The molecule has 2 aromatic carbocycles. The molecule has 0 spiro atoms. The summed E-state index contributed by atoms with van der Waals surface area (Å²) >= 11 is 7.58. The number of sulfone groups is 1. The number of rotatable bonds is 6. The molecule has 0 aromatic heterocycles. The lowest BCUT2D eigenvalue weighted by Gasteiger charge is -2.26. The molecular weight excluding hydrogens is 466 g/mol. The molecular formula is C23H26ClN3O3S2. The van der Waals surface area contributed by atoms with E-state index >= 15 is 0 Å². The number of hydrogen-bond donors (Lipinski definition) is 0. The van der Waals surface area contributed by atoms with Gasteiger partial charge in [-0.05, 0) is 49.7 Å². The number of amidine groups is 1. The van der Waals surface area contributed by atoms with Gasteiger partial charge in [-0.1, -0.05) is 41.6 Å². The Morgan fingerprint density at radius 2 is 1.81 bits per heavy atom. The molecule has 1 amide bonds. The van der Waals surface area contributed by atoms with Crippen LogP contribution >= 0.6 is 23.4 Å². The third-order valence-electron chi connectivity index (χ3n) is 5.84. The monoisotopic (exact) mass is 491 g/mol. The highest BCUT2D eigenvalue weighted by molar-refractivity contribution is 8.16. The summed E-state index contributed by atoms with van der Waals surface area (Å²) in [7, 11) is -3.11. The van der Waals surface area contributed by atoms with Crippen LogP contribution in [0.4, 0.5) is 11.4 Å². The molecule has 6 nitrogen and oxygen atoms in total. The lowest BCUT2D eigenvalue weighted by Crippen LogP contribution is -2.37. The summed E-state index contributed by atoms with van der Waals surface area (Å²) in [4.78, 5) is 21.3. The van der Waals surface area contributed by atoms with E-state index < -0.39 is 9.84 Å². The van der Waals surface area contributed by atoms with E-state index in [1.807, 2.05) is 47.4 Å². The fourth-order valence-corrected chi connectivity index (χ4v) is 8.36. The predicted octanol–water partition coefficient (Wildman–Crippen LogP) is 4.03. The first-order valence-corrected chi connectivity index (χ1v) is 13.8. The Morgan fingerprint density at radius 1 is 1.12 bits per heavy atom. The molecule has 0 aliphatic carbocycles. The van der Waals surface area contributed by atoms with Crippen LogP contribution in [0.3, 0.4) is 0 Å². The zero-order chi connectivity index (χ0) is 22.9. The van der Waals surface area contributed by atoms with Gasteiger partial charge in [0.1, 0.15) is 0 Å². The predicted molar refractivity (Wildman–Crippen MR) is 134 cm³/mol. The Labute approximate surface area is 198 Å². The first-order valence-electron chi connectivity index (χ1n) is 10.7. The van der Waals surface area contributed by atoms with Gasteiger partial charge in [0.05, 0.1) is 24.0 Å². The number of thioether (sulfide) groups is 1. The fraction of sp³-hybridized carbons (Fsp3) is 0.391. The third-order valence-corrected chi connectivity index (χ3v) is 9.42. The Balaban J connectivity index is 1.63. The van der Waals surface area contributed by atoms with Crippen LogP contribution in [0.5, 0.6) is 0 Å². The van der Waals surface area contributed by atoms with Crippen LogP contribution in [-0.4, -0.2) is 55.4 Å². The number of benzene rings is 2. The molecule has 9 heteroatoms. The number of amides is 1. The van der Waals surface area contributed by atoms with Gasteiger partial charge in [-0.3, -0.25) is 4.79 Å². The highest BCUT2D eigenvalue weighted by Crippen LogP contribution is 2.41. The molecule has 32 heavy (non-hydrogen) atoms. The largest absolute Gasteiger partial charge is 0.372 e. The summed E-state index contributed by atoms with van der Waals surface area (Å²) < 4.78 is 24.6. The van der Waals surface area contributed by atoms with Crippen molar-refractivity contribution in [2.24, 2.45) is 4.99 Å². The van der Waals surface area contributed by atoms with Crippen LogP contribution in [0, 0.1) is 0 Å². The molecule has 2 fully saturated rings. The average molecular weight is 492 g/mol. The van der Waals surface area contributed by atoms with Crippen molar-refractivity contribution in [1.82, 2.24) is 0 Å². The van der Waals surface area contributed by atoms with E-state index in [-0.39, 0.29) is 35.1 Å². The topological polar surface area (TPSA) is 70.0 Å². The first-order chi connectivity index (χ1) is 15.3. The van der Waals surface area contributed by atoms with E-state index in [0.29, 0.717) is 10.2 Å². The van der Waals surface area contributed by atoms with Crippen LogP contribution in [-0.2, 0) is 21.1 Å². The number of aliphatic imine (C=N–C) groups is 1. The minimum absolute atomic E-state index is 0.0696. The second-order valence-corrected chi connectivity index (χ2v) is 11.7. The number of carbonyl (C=O) groups excluding carboxylic acids is 1. The Bertz CT molecular complexity index is 1130. The summed E-state index contributed by atoms with van der Waals surface area (Å²) in [6.07, 6.45) is 0.103. The van der Waals surface area contributed by atoms with E-state index in [1.54, 1.807) is 6.07 Å². The molecule has 0 bridgehead atoms. The molecule has 2 saturated heterocycles. The van der Waals surface area contributed by atoms with Gasteiger partial charge < -0.3 is 9.80 Å². The van der Waals surface area contributed by atoms with Gasteiger partial charge in [-0.2, -0.15) is 4.99 Å². The van der Waals surface area contributed by atoms with Crippen LogP contribution in [0.25, 0.3) is 0 Å². The molecule has 0 unspecified atom stereocenters. The molecule has 170 valence electrons. The van der Waals surface area contributed by atoms with Gasteiger partial charge in [0.2, 0.25) is 0 Å². The van der Waals surface area contributed by atoms with Crippen molar-refractivity contribution < 1.29 is 13.2 Å². The summed E-state index contributed by atoms with van der Waals surface area (Å²) in [5, 5.41) is 0.962. The van der Waals surface area contributed by atoms with Gasteiger partial charge in [-0.25, -0.2) is 8.42 Å². The van der Waals surface area contributed by atoms with Crippen molar-refractivity contribution in [1.29, 1.82) is 0 Å². The van der Waals surface area contributed by atoms with Gasteiger partial charge in [-0.15, -0.1) is 0 Å². The number of carbonyl (C=O) groups is 1. The molecule has 2 heterocycles. The molecule has 4 rings (SSSR count). The van der Waals surface area contributed by atoms with E-state index in [2.05, 4.69) is 23.7 Å². The van der Waals surface area contributed by atoms with E-state index in [9.17, 15) is 13.2 Å². The maximum atomic E-state index is 12.8. The summed E-state index contributed by atoms with van der Waals surface area (Å²) in [6, 6.07) is 15.0. The van der Waals surface area contributed by atoms with Crippen LogP contribution < -0.4 is 9.80 Å². The number of hydrogen-bond acceptors (Lipinski definition) is 5. The Morgan fingerprint density at radius 3 is 2.47 bits per heavy atom. The first kappa shape index (κ1) is 23.1. The van der Waals surface area contributed by atoms with E-state index in [0.717, 1.165) is 30.0 Å². The highest BCUT2D eigenvalue weighted by Gasteiger charge is 2.49. The fourth-order valence-electron chi connectivity index (χ4n) is 4.23. The number of nitrogens with zero attached hydrogens (tertiary/aromatic N) is 3. The highest BCUT2D eigenvalue weighted by atomic mass is 35.5. The number of halogens is 1. The zero-order valence-corrected chi connectivity index (χ0v) is 20.5.